The third-order valence-electron chi connectivity index (χ3n) is 4.04. The topological polar surface area (TPSA) is 52.9 Å². The summed E-state index contributed by atoms with van der Waals surface area (Å²) in [5.41, 5.74) is -0.990. The lowest BCUT2D eigenvalue weighted by Gasteiger charge is -2.32. The maximum absolute atomic E-state index is 12.5. The number of hydrogen-bond donors (Lipinski definition) is 1. The van der Waals surface area contributed by atoms with Crippen LogP contribution >= 0.6 is 0 Å². The highest BCUT2D eigenvalue weighted by molar-refractivity contribution is 5.86. The Morgan fingerprint density at radius 2 is 1.78 bits per heavy atom. The maximum Gasteiger partial charge on any atom is 0.240 e. The van der Waals surface area contributed by atoms with Gasteiger partial charge in [-0.2, -0.15) is 5.26 Å². The molecule has 0 aromatic rings. The fourth-order valence-corrected chi connectivity index (χ4v) is 2.69. The Morgan fingerprint density at radius 3 is 2.11 bits per heavy atom. The smallest absolute Gasteiger partial charge is 0.240 e. The Balaban J connectivity index is 2.78. The van der Waals surface area contributed by atoms with Crippen LogP contribution in [0.4, 0.5) is 0 Å². The lowest BCUT2D eigenvalue weighted by Crippen LogP contribution is -2.51. The van der Waals surface area contributed by atoms with Crippen molar-refractivity contribution in [1.82, 2.24) is 5.32 Å². The van der Waals surface area contributed by atoms with Crippen molar-refractivity contribution in [2.75, 3.05) is 0 Å². The normalized spacial score (nSPS) is 16.2. The summed E-state index contributed by atoms with van der Waals surface area (Å²) < 4.78 is 0. The Bertz CT molecular complexity index is 331. The van der Waals surface area contributed by atoms with Crippen molar-refractivity contribution >= 4 is 5.91 Å². The largest absolute Gasteiger partial charge is 0.350 e. The van der Waals surface area contributed by atoms with E-state index >= 15 is 0 Å². The zero-order valence-corrected chi connectivity index (χ0v) is 12.2. The van der Waals surface area contributed by atoms with Gasteiger partial charge in [-0.25, -0.2) is 0 Å². The van der Waals surface area contributed by atoms with Crippen LogP contribution in [0.15, 0.2) is 0 Å². The summed E-state index contributed by atoms with van der Waals surface area (Å²) in [6, 6.07) is 2.29. The number of nitriles is 1. The van der Waals surface area contributed by atoms with Crippen molar-refractivity contribution in [2.24, 2.45) is 11.3 Å². The highest BCUT2D eigenvalue weighted by Crippen LogP contribution is 2.40. The van der Waals surface area contributed by atoms with Crippen LogP contribution in [0.2, 0.25) is 0 Å². The van der Waals surface area contributed by atoms with Gasteiger partial charge in [-0.15, -0.1) is 0 Å². The van der Waals surface area contributed by atoms with E-state index < -0.39 is 5.41 Å². The fourth-order valence-electron chi connectivity index (χ4n) is 2.69. The molecule has 1 N–H and O–H groups in total. The number of carbonyl (C=O) groups excluding carboxylic acids is 1. The quantitative estimate of drug-likeness (QED) is 0.753. The van der Waals surface area contributed by atoms with E-state index in [1.54, 1.807) is 0 Å². The molecule has 0 aromatic heterocycles. The lowest BCUT2D eigenvalue weighted by atomic mass is 9.79. The van der Waals surface area contributed by atoms with E-state index in [2.05, 4.69) is 25.2 Å². The van der Waals surface area contributed by atoms with Crippen molar-refractivity contribution < 1.29 is 4.79 Å². The van der Waals surface area contributed by atoms with Gasteiger partial charge in [0.1, 0.15) is 5.41 Å². The van der Waals surface area contributed by atoms with Crippen LogP contribution in [0.5, 0.6) is 0 Å². The molecule has 1 fully saturated rings. The zero-order valence-electron chi connectivity index (χ0n) is 12.2. The molecule has 1 saturated carbocycles. The zero-order chi connectivity index (χ0) is 13.8. The van der Waals surface area contributed by atoms with E-state index in [0.717, 1.165) is 12.8 Å². The molecule has 0 radical (unpaired) electrons. The first-order valence-electron chi connectivity index (χ1n) is 7.15. The number of nitrogens with zero attached hydrogens (tertiary/aromatic N) is 1. The second-order valence-corrected chi connectivity index (χ2v) is 6.14. The summed E-state index contributed by atoms with van der Waals surface area (Å²) >= 11 is 0. The standard InChI is InChI=1S/C15H26N2O/c1-5-9-15(11-16,10-6-2)13(18)17-14(3,4)12-7-8-12/h12H,5-10H2,1-4H3,(H,17,18). The van der Waals surface area contributed by atoms with Gasteiger partial charge in [0.05, 0.1) is 6.07 Å². The molecule has 18 heavy (non-hydrogen) atoms. The van der Waals surface area contributed by atoms with E-state index in [1.165, 1.54) is 12.8 Å². The Morgan fingerprint density at radius 1 is 1.28 bits per heavy atom. The van der Waals surface area contributed by atoms with Gasteiger partial charge >= 0.3 is 0 Å². The molecule has 1 amide bonds. The monoisotopic (exact) mass is 250 g/mol. The van der Waals surface area contributed by atoms with Crippen LogP contribution in [0, 0.1) is 22.7 Å². The molecule has 0 saturated heterocycles. The summed E-state index contributed by atoms with van der Waals surface area (Å²) in [4.78, 5) is 12.5. The van der Waals surface area contributed by atoms with E-state index in [4.69, 9.17) is 0 Å². The van der Waals surface area contributed by atoms with E-state index in [9.17, 15) is 10.1 Å². The van der Waals surface area contributed by atoms with Gasteiger partial charge in [-0.3, -0.25) is 4.79 Å². The maximum atomic E-state index is 12.5. The summed E-state index contributed by atoms with van der Waals surface area (Å²) in [7, 11) is 0. The van der Waals surface area contributed by atoms with Gasteiger partial charge in [0.25, 0.3) is 0 Å². The fraction of sp³-hybridized carbons (Fsp3) is 0.867. The second-order valence-electron chi connectivity index (χ2n) is 6.14. The summed E-state index contributed by atoms with van der Waals surface area (Å²) in [5, 5.41) is 12.6. The average Bonchev–Trinajstić information content (AvgIpc) is 3.11. The molecular formula is C15H26N2O. The van der Waals surface area contributed by atoms with Crippen molar-refractivity contribution in [3.8, 4) is 6.07 Å². The molecule has 0 aromatic carbocycles. The molecule has 0 bridgehead atoms. The number of nitrogens with one attached hydrogen (secondary N) is 1. The molecule has 0 heterocycles. The molecule has 0 atom stereocenters. The third kappa shape index (κ3) is 3.25. The van der Waals surface area contributed by atoms with Crippen molar-refractivity contribution in [3.63, 3.8) is 0 Å². The Kier molecular flexibility index (Phi) is 4.78. The molecule has 0 aliphatic heterocycles. The minimum atomic E-state index is -0.824. The van der Waals surface area contributed by atoms with E-state index in [1.807, 2.05) is 13.8 Å². The number of rotatable bonds is 7. The van der Waals surface area contributed by atoms with Crippen molar-refractivity contribution in [3.05, 3.63) is 0 Å². The van der Waals surface area contributed by atoms with Crippen LogP contribution in [-0.2, 0) is 4.79 Å². The van der Waals surface area contributed by atoms with Gasteiger partial charge in [-0.1, -0.05) is 26.7 Å². The lowest BCUT2D eigenvalue weighted by molar-refractivity contribution is -0.130. The van der Waals surface area contributed by atoms with Crippen LogP contribution in [0.3, 0.4) is 0 Å². The molecule has 3 nitrogen and oxygen atoms in total. The predicted molar refractivity (Wildman–Crippen MR) is 72.8 cm³/mol. The second kappa shape index (κ2) is 5.73. The molecular weight excluding hydrogens is 224 g/mol. The average molecular weight is 250 g/mol. The molecule has 1 aliphatic carbocycles. The number of carbonyl (C=O) groups is 1. The van der Waals surface area contributed by atoms with Gasteiger partial charge in [0, 0.05) is 5.54 Å². The summed E-state index contributed by atoms with van der Waals surface area (Å²) in [5.74, 6) is 0.520. The predicted octanol–water partition coefficient (Wildman–Crippen LogP) is 3.40. The van der Waals surface area contributed by atoms with Gasteiger partial charge in [0.15, 0.2) is 0 Å². The summed E-state index contributed by atoms with van der Waals surface area (Å²) in [6.07, 6.45) is 5.42. The Hall–Kier alpha value is -1.04. The van der Waals surface area contributed by atoms with Crippen LogP contribution in [-0.4, -0.2) is 11.4 Å². The van der Waals surface area contributed by atoms with E-state index in [0.29, 0.717) is 18.8 Å². The highest BCUT2D eigenvalue weighted by atomic mass is 16.2. The number of amides is 1. The van der Waals surface area contributed by atoms with Gasteiger partial charge < -0.3 is 5.32 Å². The number of hydrogen-bond acceptors (Lipinski definition) is 2. The molecule has 0 unspecified atom stereocenters. The van der Waals surface area contributed by atoms with Crippen LogP contribution in [0.25, 0.3) is 0 Å². The highest BCUT2D eigenvalue weighted by Gasteiger charge is 2.44. The van der Waals surface area contributed by atoms with Crippen LogP contribution < -0.4 is 5.32 Å². The van der Waals surface area contributed by atoms with E-state index in [-0.39, 0.29) is 11.4 Å². The third-order valence-corrected chi connectivity index (χ3v) is 4.04. The summed E-state index contributed by atoms with van der Waals surface area (Å²) in [6.45, 7) is 8.20. The van der Waals surface area contributed by atoms with Gasteiger partial charge in [-0.05, 0) is 45.4 Å². The molecule has 1 rings (SSSR count). The minimum Gasteiger partial charge on any atom is -0.350 e. The van der Waals surface area contributed by atoms with Crippen LogP contribution in [0.1, 0.15) is 66.2 Å². The minimum absolute atomic E-state index is 0.0643. The SMILES string of the molecule is CCCC(C#N)(CCC)C(=O)NC(C)(C)C1CC1. The first kappa shape index (κ1) is 15.0. The first-order chi connectivity index (χ1) is 8.41. The molecule has 0 spiro atoms. The molecule has 3 heteroatoms. The first-order valence-corrected chi connectivity index (χ1v) is 7.15. The van der Waals surface area contributed by atoms with Crippen molar-refractivity contribution in [1.29, 1.82) is 5.26 Å². The van der Waals surface area contributed by atoms with Gasteiger partial charge in [0.2, 0.25) is 5.91 Å². The molecule has 102 valence electrons. The molecule has 1 aliphatic rings. The van der Waals surface area contributed by atoms with Crippen molar-refractivity contribution in [2.45, 2.75) is 71.8 Å². The Labute approximate surface area is 111 Å².